The van der Waals surface area contributed by atoms with Crippen LogP contribution in [0.4, 0.5) is 0 Å². The van der Waals surface area contributed by atoms with Crippen LogP contribution in [0.3, 0.4) is 0 Å². The van der Waals surface area contributed by atoms with Gasteiger partial charge in [0.15, 0.2) is 8.32 Å². The third kappa shape index (κ3) is 7.87. The van der Waals surface area contributed by atoms with E-state index in [9.17, 15) is 0 Å². The Hall–Kier alpha value is -0.353. The molecule has 0 aliphatic heterocycles. The van der Waals surface area contributed by atoms with Gasteiger partial charge in [0.1, 0.15) is 0 Å². The van der Waals surface area contributed by atoms with E-state index in [0.717, 1.165) is 13.0 Å². The fraction of sp³-hybridized carbons (Fsp3) is 0.240. The van der Waals surface area contributed by atoms with E-state index in [4.69, 9.17) is 4.43 Å². The van der Waals surface area contributed by atoms with E-state index in [1.165, 1.54) is 56.4 Å². The summed E-state index contributed by atoms with van der Waals surface area (Å²) in [5, 5.41) is 2.71. The number of halogens is 2. The van der Waals surface area contributed by atoms with Crippen molar-refractivity contribution in [3.63, 3.8) is 0 Å². The second-order valence-electron chi connectivity index (χ2n) is 7.87. The summed E-state index contributed by atoms with van der Waals surface area (Å²) < 4.78 is 6.14. The maximum atomic E-state index is 6.14. The number of rotatable bonds is 5. The van der Waals surface area contributed by atoms with E-state index < -0.39 is 8.32 Å². The molecule has 168 valence electrons. The third-order valence-electron chi connectivity index (χ3n) is 4.97. The van der Waals surface area contributed by atoms with Gasteiger partial charge in [0.25, 0.3) is 0 Å². The SMILES string of the molecule is C[Si](C)(C)OCCC1=Cc2ccccc2C1[c-]1ccc2ccccc21.Cl.Cl.[CH3-].[CH3-].[Si]=[Zr]. The molecule has 31 heavy (non-hydrogen) atoms. The molecule has 1 atom stereocenters. The van der Waals surface area contributed by atoms with Crippen LogP contribution in [0.1, 0.15) is 29.0 Å². The molecule has 0 aromatic heterocycles. The molecule has 4 rings (SSSR count). The van der Waals surface area contributed by atoms with Crippen LogP contribution in [0.15, 0.2) is 66.2 Å². The standard InChI is InChI=1S/C23H25OSi.2CH3.2ClH.Si.Zr/c1-25(2,3)24-15-14-19-16-18-9-5-7-11-21(18)23(19)22-13-12-17-8-4-6-10-20(17)22;;;;;;/h4-13,16,23H,14-15H2,1-3H3;2*1H3;2*1H;;/q3*-1;;;;. The third-order valence-corrected chi connectivity index (χ3v) is 6.04. The van der Waals surface area contributed by atoms with Crippen molar-refractivity contribution >= 4 is 56.9 Å². The summed E-state index contributed by atoms with van der Waals surface area (Å²) in [7, 11) is -1.47. The molecule has 0 fully saturated rings. The van der Waals surface area contributed by atoms with E-state index >= 15 is 0 Å². The molecule has 2 radical (unpaired) electrons. The predicted octanol–water partition coefficient (Wildman–Crippen LogP) is 7.69. The molecule has 0 amide bonds. The molecular weight excluding hydrogens is 535 g/mol. The Morgan fingerprint density at radius 3 is 2.23 bits per heavy atom. The Kier molecular flexibility index (Phi) is 15.6. The van der Waals surface area contributed by atoms with Crippen molar-refractivity contribution in [1.29, 1.82) is 0 Å². The number of fused-ring (bicyclic) bond motifs is 2. The van der Waals surface area contributed by atoms with Crippen LogP contribution in [0.25, 0.3) is 16.8 Å². The molecule has 1 aliphatic rings. The number of hydrogen-bond acceptors (Lipinski definition) is 1. The van der Waals surface area contributed by atoms with Crippen LogP contribution < -0.4 is 0 Å². The first-order valence-electron chi connectivity index (χ1n) is 9.36. The quantitative estimate of drug-likeness (QED) is 0.227. The van der Waals surface area contributed by atoms with Crippen LogP contribution in [0.5, 0.6) is 0 Å². The molecule has 0 bridgehead atoms. The molecule has 1 unspecified atom stereocenters. The summed E-state index contributed by atoms with van der Waals surface area (Å²) in [6.45, 7) is 10.7. The van der Waals surface area contributed by atoms with Gasteiger partial charge in [0.2, 0.25) is 0 Å². The molecular formula is C25H33Cl2OSi2Zr-3. The van der Waals surface area contributed by atoms with Crippen molar-refractivity contribution in [3.8, 4) is 0 Å². The molecule has 3 aromatic carbocycles. The van der Waals surface area contributed by atoms with Crippen LogP contribution in [0.2, 0.25) is 19.6 Å². The molecule has 0 spiro atoms. The molecule has 1 nitrogen and oxygen atoms in total. The van der Waals surface area contributed by atoms with Gasteiger partial charge in [-0.15, -0.1) is 65.4 Å². The Bertz CT molecular complexity index is 963. The summed E-state index contributed by atoms with van der Waals surface area (Å²) in [6, 6.07) is 22.1. The van der Waals surface area contributed by atoms with E-state index in [2.05, 4.69) is 93.3 Å². The van der Waals surface area contributed by atoms with Gasteiger partial charge in [-0.25, -0.2) is 0 Å². The molecule has 6 heteroatoms. The topological polar surface area (TPSA) is 9.23 Å². The van der Waals surface area contributed by atoms with Crippen LogP contribution in [-0.4, -0.2) is 21.8 Å². The average molecular weight is 568 g/mol. The molecule has 3 aromatic rings. The Labute approximate surface area is 219 Å². The van der Waals surface area contributed by atoms with E-state index in [1.54, 1.807) is 0 Å². The molecule has 0 heterocycles. The zero-order chi connectivity index (χ0) is 19.4. The summed E-state index contributed by atoms with van der Waals surface area (Å²) >= 11 is 1.36. The van der Waals surface area contributed by atoms with Crippen LogP contribution in [-0.2, 0) is 27.8 Å². The zero-order valence-corrected chi connectivity index (χ0v) is 25.2. The summed E-state index contributed by atoms with van der Waals surface area (Å²) in [5.74, 6) is 0.362. The van der Waals surface area contributed by atoms with Crippen molar-refractivity contribution in [3.05, 3.63) is 97.8 Å². The van der Waals surface area contributed by atoms with Gasteiger partial charge < -0.3 is 19.3 Å². The zero-order valence-electron chi connectivity index (χ0n) is 19.1. The fourth-order valence-corrected chi connectivity index (χ4v) is 4.59. The fourth-order valence-electron chi connectivity index (χ4n) is 3.87. The maximum absolute atomic E-state index is 6.14. The Morgan fingerprint density at radius 2 is 1.55 bits per heavy atom. The Morgan fingerprint density at radius 1 is 0.935 bits per heavy atom. The predicted molar refractivity (Wildman–Crippen MR) is 143 cm³/mol. The summed E-state index contributed by atoms with van der Waals surface area (Å²) in [6.07, 6.45) is 3.39. The van der Waals surface area contributed by atoms with Crippen molar-refractivity contribution in [2.24, 2.45) is 0 Å². The Balaban J connectivity index is 0. The number of hydrogen-bond donors (Lipinski definition) is 0. The van der Waals surface area contributed by atoms with Gasteiger partial charge >= 0.3 is 30.2 Å². The second-order valence-corrected chi connectivity index (χ2v) is 12.4. The van der Waals surface area contributed by atoms with Crippen LogP contribution in [0, 0.1) is 14.9 Å². The van der Waals surface area contributed by atoms with Gasteiger partial charge in [0.05, 0.1) is 0 Å². The monoisotopic (exact) mass is 565 g/mol. The van der Waals surface area contributed by atoms with Gasteiger partial charge in [-0.2, -0.15) is 6.07 Å². The average Bonchev–Trinajstić information content (AvgIpc) is 3.23. The first-order chi connectivity index (χ1) is 13.0. The van der Waals surface area contributed by atoms with Gasteiger partial charge in [-0.05, 0) is 43.1 Å². The van der Waals surface area contributed by atoms with Gasteiger partial charge in [0, 0.05) is 6.61 Å². The second kappa shape index (κ2) is 14.7. The van der Waals surface area contributed by atoms with Crippen LogP contribution >= 0.6 is 24.8 Å². The molecule has 0 N–H and O–H groups in total. The normalized spacial score (nSPS) is 13.7. The van der Waals surface area contributed by atoms with E-state index in [0.29, 0.717) is 5.92 Å². The van der Waals surface area contributed by atoms with Crippen molar-refractivity contribution in [2.45, 2.75) is 32.0 Å². The number of benzene rings is 2. The summed E-state index contributed by atoms with van der Waals surface area (Å²) in [4.78, 5) is 0. The van der Waals surface area contributed by atoms with Gasteiger partial charge in [-0.1, -0.05) is 42.0 Å². The van der Waals surface area contributed by atoms with E-state index in [1.807, 2.05) is 0 Å². The van der Waals surface area contributed by atoms with Gasteiger partial charge in [-0.3, -0.25) is 0 Å². The molecule has 0 saturated carbocycles. The van der Waals surface area contributed by atoms with Crippen molar-refractivity contribution in [1.82, 2.24) is 0 Å². The molecule has 1 aliphatic carbocycles. The first kappa shape index (κ1) is 32.8. The van der Waals surface area contributed by atoms with Crippen molar-refractivity contribution < 1.29 is 27.8 Å². The minimum atomic E-state index is -1.47. The molecule has 0 saturated heterocycles. The van der Waals surface area contributed by atoms with Crippen molar-refractivity contribution in [2.75, 3.05) is 6.61 Å². The van der Waals surface area contributed by atoms with E-state index in [-0.39, 0.29) is 39.7 Å². The first-order valence-corrected chi connectivity index (χ1v) is 17.0. The minimum absolute atomic E-state index is 0. The summed E-state index contributed by atoms with van der Waals surface area (Å²) in [5.41, 5.74) is 5.71.